The molecule has 0 bridgehead atoms. The fourth-order valence-corrected chi connectivity index (χ4v) is 2.61. The normalized spacial score (nSPS) is 17.5. The first-order chi connectivity index (χ1) is 10.1. The summed E-state index contributed by atoms with van der Waals surface area (Å²) in [5.41, 5.74) is 0.598. The molecule has 7 heteroatoms. The third-order valence-corrected chi connectivity index (χ3v) is 4.08. The third-order valence-electron chi connectivity index (χ3n) is 3.55. The van der Waals surface area contributed by atoms with Crippen LogP contribution in [-0.2, 0) is 4.79 Å². The van der Waals surface area contributed by atoms with Crippen LogP contribution in [0.1, 0.15) is 23.7 Å². The van der Waals surface area contributed by atoms with Gasteiger partial charge in [0.1, 0.15) is 0 Å². The van der Waals surface area contributed by atoms with Crippen LogP contribution in [0.5, 0.6) is 0 Å². The van der Waals surface area contributed by atoms with Gasteiger partial charge in [-0.15, -0.1) is 12.4 Å². The minimum absolute atomic E-state index is 0. The van der Waals surface area contributed by atoms with Gasteiger partial charge in [-0.25, -0.2) is 0 Å². The smallest absolute Gasteiger partial charge is 0.251 e. The molecule has 1 fully saturated rings. The van der Waals surface area contributed by atoms with Crippen LogP contribution >= 0.6 is 28.3 Å². The summed E-state index contributed by atoms with van der Waals surface area (Å²) in [6.07, 6.45) is 0.340. The van der Waals surface area contributed by atoms with Gasteiger partial charge in [-0.3, -0.25) is 9.59 Å². The van der Waals surface area contributed by atoms with Crippen LogP contribution in [0.2, 0.25) is 0 Å². The lowest BCUT2D eigenvalue weighted by atomic mass is 10.2. The minimum Gasteiger partial charge on any atom is -0.352 e. The quantitative estimate of drug-likeness (QED) is 0.824. The number of rotatable bonds is 4. The Kier molecular flexibility index (Phi) is 7.85. The Morgan fingerprint density at radius 2 is 2.05 bits per heavy atom. The van der Waals surface area contributed by atoms with Gasteiger partial charge >= 0.3 is 0 Å². The Morgan fingerprint density at radius 3 is 2.68 bits per heavy atom. The summed E-state index contributed by atoms with van der Waals surface area (Å²) in [4.78, 5) is 25.9. The molecular weight excluding hydrogens is 370 g/mol. The van der Waals surface area contributed by atoms with E-state index in [1.807, 2.05) is 24.0 Å². The standard InChI is InChI=1S/C15H20BrN3O2.ClH/c1-11-10-17-8-9-19(11)14(20)6-7-18-15(21)12-2-4-13(16)5-3-12;/h2-5,11,17H,6-10H2,1H3,(H,18,21);1H/t11-;/m0./s1. The average molecular weight is 391 g/mol. The van der Waals surface area contributed by atoms with Crippen molar-refractivity contribution in [3.63, 3.8) is 0 Å². The molecule has 0 spiro atoms. The first kappa shape index (κ1) is 18.9. The summed E-state index contributed by atoms with van der Waals surface area (Å²) in [5, 5.41) is 6.04. The van der Waals surface area contributed by atoms with E-state index in [9.17, 15) is 9.59 Å². The number of nitrogens with one attached hydrogen (secondary N) is 2. The molecule has 1 aliphatic heterocycles. The molecule has 122 valence electrons. The van der Waals surface area contributed by atoms with Crippen molar-refractivity contribution in [2.45, 2.75) is 19.4 Å². The number of nitrogens with zero attached hydrogens (tertiary/aromatic N) is 1. The number of halogens is 2. The molecule has 0 aromatic heterocycles. The SMILES string of the molecule is C[C@H]1CNCCN1C(=O)CCNC(=O)c1ccc(Br)cc1.Cl. The molecule has 1 heterocycles. The van der Waals surface area contributed by atoms with Crippen LogP contribution in [0, 0.1) is 0 Å². The molecule has 0 saturated carbocycles. The summed E-state index contributed by atoms with van der Waals surface area (Å²) in [6, 6.07) is 7.36. The predicted molar refractivity (Wildman–Crippen MR) is 92.4 cm³/mol. The van der Waals surface area contributed by atoms with Crippen LogP contribution in [0.25, 0.3) is 0 Å². The van der Waals surface area contributed by atoms with E-state index in [1.54, 1.807) is 12.1 Å². The molecule has 0 radical (unpaired) electrons. The zero-order chi connectivity index (χ0) is 15.2. The van der Waals surface area contributed by atoms with Gasteiger partial charge in [-0.05, 0) is 31.2 Å². The number of hydrogen-bond donors (Lipinski definition) is 2. The number of hydrogen-bond acceptors (Lipinski definition) is 3. The Labute approximate surface area is 145 Å². The molecule has 1 aliphatic rings. The molecule has 2 N–H and O–H groups in total. The van der Waals surface area contributed by atoms with Gasteiger partial charge < -0.3 is 15.5 Å². The van der Waals surface area contributed by atoms with Crippen LogP contribution in [-0.4, -0.2) is 48.9 Å². The van der Waals surface area contributed by atoms with Gasteiger partial charge in [0.15, 0.2) is 0 Å². The summed E-state index contributed by atoms with van der Waals surface area (Å²) >= 11 is 3.33. The van der Waals surface area contributed by atoms with E-state index in [1.165, 1.54) is 0 Å². The van der Waals surface area contributed by atoms with Crippen molar-refractivity contribution in [1.82, 2.24) is 15.5 Å². The lowest BCUT2D eigenvalue weighted by molar-refractivity contribution is -0.133. The highest BCUT2D eigenvalue weighted by atomic mass is 79.9. The van der Waals surface area contributed by atoms with E-state index in [2.05, 4.69) is 26.6 Å². The Bertz CT molecular complexity index is 510. The van der Waals surface area contributed by atoms with Crippen molar-refractivity contribution in [1.29, 1.82) is 0 Å². The minimum atomic E-state index is -0.149. The molecule has 2 rings (SSSR count). The predicted octanol–water partition coefficient (Wildman–Crippen LogP) is 1.81. The van der Waals surface area contributed by atoms with Crippen LogP contribution in [0.4, 0.5) is 0 Å². The molecule has 1 atom stereocenters. The lowest BCUT2D eigenvalue weighted by Gasteiger charge is -2.34. The largest absolute Gasteiger partial charge is 0.352 e. The first-order valence-electron chi connectivity index (χ1n) is 7.12. The molecule has 2 amide bonds. The van der Waals surface area contributed by atoms with Gasteiger partial charge in [-0.1, -0.05) is 15.9 Å². The molecule has 1 aromatic carbocycles. The molecule has 5 nitrogen and oxygen atoms in total. The number of piperazine rings is 1. The number of amides is 2. The first-order valence-corrected chi connectivity index (χ1v) is 7.91. The topological polar surface area (TPSA) is 61.4 Å². The highest BCUT2D eigenvalue weighted by Gasteiger charge is 2.22. The van der Waals surface area contributed by atoms with Crippen LogP contribution in [0.3, 0.4) is 0 Å². The van der Waals surface area contributed by atoms with Gasteiger partial charge in [0.05, 0.1) is 0 Å². The van der Waals surface area contributed by atoms with Crippen molar-refractivity contribution < 1.29 is 9.59 Å². The summed E-state index contributed by atoms with van der Waals surface area (Å²) in [5.74, 6) is -0.0521. The van der Waals surface area contributed by atoms with Crippen molar-refractivity contribution in [2.75, 3.05) is 26.2 Å². The molecule has 0 unspecified atom stereocenters. The van der Waals surface area contributed by atoms with Crippen molar-refractivity contribution >= 4 is 40.2 Å². The number of carbonyl (C=O) groups excluding carboxylic acids is 2. The Balaban J connectivity index is 0.00000242. The second-order valence-electron chi connectivity index (χ2n) is 5.15. The second kappa shape index (κ2) is 9.12. The molecular formula is C15H21BrClN3O2. The van der Waals surface area contributed by atoms with Gasteiger partial charge in [0, 0.05) is 48.7 Å². The van der Waals surface area contributed by atoms with E-state index >= 15 is 0 Å². The van der Waals surface area contributed by atoms with Gasteiger partial charge in [0.2, 0.25) is 5.91 Å². The number of carbonyl (C=O) groups is 2. The van der Waals surface area contributed by atoms with Gasteiger partial charge in [0.25, 0.3) is 5.91 Å². The van der Waals surface area contributed by atoms with Gasteiger partial charge in [-0.2, -0.15) is 0 Å². The molecule has 0 aliphatic carbocycles. The van der Waals surface area contributed by atoms with Crippen molar-refractivity contribution in [2.24, 2.45) is 0 Å². The van der Waals surface area contributed by atoms with Crippen LogP contribution in [0.15, 0.2) is 28.7 Å². The highest BCUT2D eigenvalue weighted by Crippen LogP contribution is 2.10. The highest BCUT2D eigenvalue weighted by molar-refractivity contribution is 9.10. The fourth-order valence-electron chi connectivity index (χ4n) is 2.34. The third kappa shape index (κ3) is 5.26. The average Bonchev–Trinajstić information content (AvgIpc) is 2.48. The maximum atomic E-state index is 12.1. The summed E-state index contributed by atoms with van der Waals surface area (Å²) in [6.45, 7) is 4.80. The second-order valence-corrected chi connectivity index (χ2v) is 6.07. The Hall–Kier alpha value is -1.11. The molecule has 1 saturated heterocycles. The monoisotopic (exact) mass is 389 g/mol. The van der Waals surface area contributed by atoms with Crippen LogP contribution < -0.4 is 10.6 Å². The maximum absolute atomic E-state index is 12.1. The van der Waals surface area contributed by atoms with Crippen molar-refractivity contribution in [3.05, 3.63) is 34.3 Å². The zero-order valence-corrected chi connectivity index (χ0v) is 14.9. The zero-order valence-electron chi connectivity index (χ0n) is 12.5. The van der Waals surface area contributed by atoms with Crippen molar-refractivity contribution in [3.8, 4) is 0 Å². The van der Waals surface area contributed by atoms with E-state index in [4.69, 9.17) is 0 Å². The number of benzene rings is 1. The maximum Gasteiger partial charge on any atom is 0.251 e. The summed E-state index contributed by atoms with van der Waals surface area (Å²) < 4.78 is 0.932. The Morgan fingerprint density at radius 1 is 1.36 bits per heavy atom. The molecule has 1 aromatic rings. The molecule has 22 heavy (non-hydrogen) atoms. The van der Waals surface area contributed by atoms with E-state index in [0.29, 0.717) is 18.5 Å². The van der Waals surface area contributed by atoms with E-state index in [0.717, 1.165) is 24.1 Å². The van der Waals surface area contributed by atoms with E-state index in [-0.39, 0.29) is 30.3 Å². The van der Waals surface area contributed by atoms with E-state index < -0.39 is 0 Å². The summed E-state index contributed by atoms with van der Waals surface area (Å²) in [7, 11) is 0. The lowest BCUT2D eigenvalue weighted by Crippen LogP contribution is -2.52. The fraction of sp³-hybridized carbons (Fsp3) is 0.467.